The van der Waals surface area contributed by atoms with Crippen molar-refractivity contribution >= 4 is 17.6 Å². The lowest BCUT2D eigenvalue weighted by Crippen LogP contribution is -2.14. The van der Waals surface area contributed by atoms with Crippen molar-refractivity contribution in [2.45, 2.75) is 20.3 Å². The lowest BCUT2D eigenvalue weighted by molar-refractivity contribution is -0.115. The molecule has 0 aromatic heterocycles. The number of benzene rings is 2. The van der Waals surface area contributed by atoms with Gasteiger partial charge in [-0.3, -0.25) is 4.79 Å². The van der Waals surface area contributed by atoms with Gasteiger partial charge in [-0.1, -0.05) is 31.2 Å². The van der Waals surface area contributed by atoms with Gasteiger partial charge in [0, 0.05) is 6.42 Å². The Morgan fingerprint density at radius 3 is 2.30 bits per heavy atom. The molecule has 0 radical (unpaired) electrons. The van der Waals surface area contributed by atoms with Crippen LogP contribution < -0.4 is 14.8 Å². The highest BCUT2D eigenvalue weighted by Gasteiger charge is 2.16. The van der Waals surface area contributed by atoms with E-state index >= 15 is 0 Å². The summed E-state index contributed by atoms with van der Waals surface area (Å²) in [5.41, 5.74) is 0.799. The van der Waals surface area contributed by atoms with E-state index in [4.69, 9.17) is 9.47 Å². The summed E-state index contributed by atoms with van der Waals surface area (Å²) in [6.45, 7) is 4.05. The molecule has 0 unspecified atom stereocenters. The Morgan fingerprint density at radius 1 is 0.957 bits per heavy atom. The van der Waals surface area contributed by atoms with Crippen LogP contribution >= 0.6 is 0 Å². The van der Waals surface area contributed by atoms with Gasteiger partial charge in [0.2, 0.25) is 5.91 Å². The van der Waals surface area contributed by atoms with E-state index in [2.05, 4.69) is 5.32 Å². The number of amides is 1. The fourth-order valence-corrected chi connectivity index (χ4v) is 1.97. The van der Waals surface area contributed by atoms with Gasteiger partial charge in [-0.15, -0.1) is 0 Å². The summed E-state index contributed by atoms with van der Waals surface area (Å²) in [4.78, 5) is 24.0. The van der Waals surface area contributed by atoms with Gasteiger partial charge in [-0.25, -0.2) is 4.79 Å². The highest BCUT2D eigenvalue weighted by molar-refractivity contribution is 5.96. The average molecular weight is 313 g/mol. The van der Waals surface area contributed by atoms with Crippen LogP contribution in [0, 0.1) is 0 Å². The van der Waals surface area contributed by atoms with Gasteiger partial charge in [0.05, 0.1) is 12.3 Å². The van der Waals surface area contributed by atoms with Gasteiger partial charge < -0.3 is 14.8 Å². The molecule has 2 rings (SSSR count). The molecule has 0 aliphatic heterocycles. The molecule has 0 heterocycles. The van der Waals surface area contributed by atoms with Gasteiger partial charge in [0.15, 0.2) is 5.75 Å². The van der Waals surface area contributed by atoms with E-state index < -0.39 is 5.97 Å². The number of para-hydroxylation sites is 3. The Morgan fingerprint density at radius 2 is 1.61 bits per heavy atom. The number of rotatable bonds is 6. The molecule has 0 spiro atoms. The van der Waals surface area contributed by atoms with E-state index in [-0.39, 0.29) is 5.91 Å². The predicted molar refractivity (Wildman–Crippen MR) is 87.9 cm³/mol. The van der Waals surface area contributed by atoms with Gasteiger partial charge in [0.25, 0.3) is 0 Å². The van der Waals surface area contributed by atoms with Crippen molar-refractivity contribution in [3.8, 4) is 11.5 Å². The van der Waals surface area contributed by atoms with Crippen LogP contribution in [0.5, 0.6) is 11.5 Å². The highest BCUT2D eigenvalue weighted by atomic mass is 16.5. The van der Waals surface area contributed by atoms with Crippen LogP contribution in [0.4, 0.5) is 5.69 Å². The smallest absolute Gasteiger partial charge is 0.347 e. The molecule has 0 aliphatic rings. The largest absolute Gasteiger partial charge is 0.493 e. The standard InChI is InChI=1S/C18H19NO4/c1-3-17(20)19-14-10-6-8-12-16(14)23-18(21)13-9-5-7-11-15(13)22-4-2/h5-12H,3-4H2,1-2H3,(H,19,20). The molecule has 120 valence electrons. The van der Waals surface area contributed by atoms with E-state index in [0.717, 1.165) is 0 Å². The van der Waals surface area contributed by atoms with Gasteiger partial charge in [-0.2, -0.15) is 0 Å². The maximum absolute atomic E-state index is 12.4. The van der Waals surface area contributed by atoms with E-state index in [1.54, 1.807) is 55.5 Å². The Hall–Kier alpha value is -2.82. The Kier molecular flexibility index (Phi) is 5.74. The number of hydrogen-bond donors (Lipinski definition) is 1. The molecular formula is C18H19NO4. The molecule has 2 aromatic rings. The molecule has 0 bridgehead atoms. The monoisotopic (exact) mass is 313 g/mol. The van der Waals surface area contributed by atoms with Crippen molar-refractivity contribution in [2.24, 2.45) is 0 Å². The molecule has 1 N–H and O–H groups in total. The molecule has 2 aromatic carbocycles. The Labute approximate surface area is 135 Å². The third kappa shape index (κ3) is 4.32. The minimum Gasteiger partial charge on any atom is -0.493 e. The summed E-state index contributed by atoms with van der Waals surface area (Å²) in [5.74, 6) is 0.0798. The van der Waals surface area contributed by atoms with Crippen LogP contribution in [-0.4, -0.2) is 18.5 Å². The van der Waals surface area contributed by atoms with Gasteiger partial charge in [0.1, 0.15) is 11.3 Å². The maximum atomic E-state index is 12.4. The quantitative estimate of drug-likeness (QED) is 0.653. The first-order chi connectivity index (χ1) is 11.2. The molecule has 23 heavy (non-hydrogen) atoms. The fraction of sp³-hybridized carbons (Fsp3) is 0.222. The van der Waals surface area contributed by atoms with Gasteiger partial charge >= 0.3 is 5.97 Å². The SMILES string of the molecule is CCOc1ccccc1C(=O)Oc1ccccc1NC(=O)CC. The van der Waals surface area contributed by atoms with Crippen molar-refractivity contribution in [3.63, 3.8) is 0 Å². The summed E-state index contributed by atoms with van der Waals surface area (Å²) in [7, 11) is 0. The average Bonchev–Trinajstić information content (AvgIpc) is 2.57. The number of nitrogens with one attached hydrogen (secondary N) is 1. The van der Waals surface area contributed by atoms with Crippen LogP contribution in [0.1, 0.15) is 30.6 Å². The van der Waals surface area contributed by atoms with Crippen molar-refractivity contribution in [2.75, 3.05) is 11.9 Å². The van der Waals surface area contributed by atoms with Crippen molar-refractivity contribution in [1.29, 1.82) is 0 Å². The predicted octanol–water partition coefficient (Wildman–Crippen LogP) is 3.65. The second kappa shape index (κ2) is 7.98. The number of anilines is 1. The zero-order chi connectivity index (χ0) is 16.7. The summed E-state index contributed by atoms with van der Waals surface area (Å²) >= 11 is 0. The van der Waals surface area contributed by atoms with E-state index in [1.807, 2.05) is 6.92 Å². The molecule has 0 atom stereocenters. The normalized spacial score (nSPS) is 10.0. The van der Waals surface area contributed by atoms with Crippen molar-refractivity contribution < 1.29 is 19.1 Å². The number of carbonyl (C=O) groups excluding carboxylic acids is 2. The zero-order valence-corrected chi connectivity index (χ0v) is 13.2. The minimum absolute atomic E-state index is 0.150. The fourth-order valence-electron chi connectivity index (χ4n) is 1.97. The topological polar surface area (TPSA) is 64.6 Å². The third-order valence-corrected chi connectivity index (χ3v) is 3.09. The zero-order valence-electron chi connectivity index (χ0n) is 13.2. The molecular weight excluding hydrogens is 294 g/mol. The Bertz CT molecular complexity index is 697. The molecule has 0 saturated heterocycles. The minimum atomic E-state index is -0.535. The van der Waals surface area contributed by atoms with Crippen LogP contribution in [0.15, 0.2) is 48.5 Å². The van der Waals surface area contributed by atoms with Crippen LogP contribution in [0.3, 0.4) is 0 Å². The Balaban J connectivity index is 2.22. The van der Waals surface area contributed by atoms with Crippen molar-refractivity contribution in [1.82, 2.24) is 0 Å². The summed E-state index contributed by atoms with van der Waals surface area (Å²) in [5, 5.41) is 2.71. The van der Waals surface area contributed by atoms with E-state index in [9.17, 15) is 9.59 Å². The summed E-state index contributed by atoms with van der Waals surface area (Å²) in [6, 6.07) is 13.7. The first-order valence-corrected chi connectivity index (χ1v) is 7.48. The number of esters is 1. The van der Waals surface area contributed by atoms with Crippen molar-refractivity contribution in [3.05, 3.63) is 54.1 Å². The summed E-state index contributed by atoms with van der Waals surface area (Å²) in [6.07, 6.45) is 0.343. The molecule has 0 saturated carbocycles. The van der Waals surface area contributed by atoms with Gasteiger partial charge in [-0.05, 0) is 31.2 Å². The van der Waals surface area contributed by atoms with Crippen LogP contribution in [0.2, 0.25) is 0 Å². The lowest BCUT2D eigenvalue weighted by Gasteiger charge is -2.12. The number of carbonyl (C=O) groups is 2. The van der Waals surface area contributed by atoms with Crippen LogP contribution in [-0.2, 0) is 4.79 Å². The molecule has 5 heteroatoms. The first-order valence-electron chi connectivity index (χ1n) is 7.48. The number of ether oxygens (including phenoxy) is 2. The second-order valence-electron chi connectivity index (χ2n) is 4.72. The first kappa shape index (κ1) is 16.5. The molecule has 0 aliphatic carbocycles. The summed E-state index contributed by atoms with van der Waals surface area (Å²) < 4.78 is 10.9. The van der Waals surface area contributed by atoms with E-state index in [1.165, 1.54) is 0 Å². The number of hydrogen-bond acceptors (Lipinski definition) is 4. The molecule has 1 amide bonds. The third-order valence-electron chi connectivity index (χ3n) is 3.09. The second-order valence-corrected chi connectivity index (χ2v) is 4.72. The molecule has 5 nitrogen and oxygen atoms in total. The maximum Gasteiger partial charge on any atom is 0.347 e. The molecule has 0 fully saturated rings. The van der Waals surface area contributed by atoms with E-state index in [0.29, 0.717) is 35.8 Å². The lowest BCUT2D eigenvalue weighted by atomic mass is 10.2. The van der Waals surface area contributed by atoms with Crippen LogP contribution in [0.25, 0.3) is 0 Å². The highest BCUT2D eigenvalue weighted by Crippen LogP contribution is 2.26.